The van der Waals surface area contributed by atoms with Crippen molar-refractivity contribution < 1.29 is 24.2 Å². The van der Waals surface area contributed by atoms with Crippen molar-refractivity contribution in [2.75, 3.05) is 19.9 Å². The molecule has 1 amide bonds. The second-order valence-corrected chi connectivity index (χ2v) is 9.55. The van der Waals surface area contributed by atoms with Crippen LogP contribution in [0.4, 0.5) is 0 Å². The molecule has 35 heavy (non-hydrogen) atoms. The highest BCUT2D eigenvalue weighted by atomic mass is 16.7. The second-order valence-electron chi connectivity index (χ2n) is 9.55. The van der Waals surface area contributed by atoms with Crippen molar-refractivity contribution in [1.29, 1.82) is 0 Å². The summed E-state index contributed by atoms with van der Waals surface area (Å²) in [7, 11) is 0. The number of carboxylic acids is 1. The highest BCUT2D eigenvalue weighted by Crippen LogP contribution is 2.38. The van der Waals surface area contributed by atoms with Crippen molar-refractivity contribution in [2.24, 2.45) is 5.92 Å². The van der Waals surface area contributed by atoms with E-state index in [-0.39, 0.29) is 24.8 Å². The van der Waals surface area contributed by atoms with Gasteiger partial charge in [0.2, 0.25) is 12.7 Å². The van der Waals surface area contributed by atoms with E-state index in [4.69, 9.17) is 9.47 Å². The topological polar surface area (TPSA) is 81.0 Å². The molecule has 1 aliphatic heterocycles. The summed E-state index contributed by atoms with van der Waals surface area (Å²) in [5.41, 5.74) is 2.34. The van der Waals surface area contributed by atoms with Gasteiger partial charge in [-0.2, -0.15) is 0 Å². The molecule has 0 radical (unpaired) electrons. The highest BCUT2D eigenvalue weighted by Gasteiger charge is 2.27. The van der Waals surface area contributed by atoms with E-state index in [1.807, 2.05) is 33.9 Å². The van der Waals surface area contributed by atoms with Crippen LogP contribution < -0.4 is 9.47 Å². The van der Waals surface area contributed by atoms with Crippen LogP contribution in [0, 0.1) is 5.92 Å². The van der Waals surface area contributed by atoms with Crippen LogP contribution in [0.25, 0.3) is 11.1 Å². The maximum absolute atomic E-state index is 13.4. The van der Waals surface area contributed by atoms with E-state index in [0.29, 0.717) is 35.1 Å². The SMILES string of the molecule is CCCCN(CCCC)C(=O)Cn1cc(-c2ccc3c(c2)OCO3)c(C(=O)O)c1CC(C)CCC. The predicted octanol–water partition coefficient (Wildman–Crippen LogP) is 5.99. The predicted molar refractivity (Wildman–Crippen MR) is 137 cm³/mol. The standard InChI is InChI=1S/C28H40N2O5/c1-5-8-13-29(14-9-6-2)26(31)18-30-17-22(21-11-12-24-25(16-21)35-19-34-24)27(28(32)33)23(30)15-20(4)10-7-3/h11-12,16-17,20H,5-10,13-15,18-19H2,1-4H3,(H,32,33). The van der Waals surface area contributed by atoms with Crippen LogP contribution >= 0.6 is 0 Å². The zero-order valence-corrected chi connectivity index (χ0v) is 21.6. The Morgan fingerprint density at radius 3 is 2.37 bits per heavy atom. The molecule has 1 atom stereocenters. The number of rotatable bonds is 14. The first-order valence-electron chi connectivity index (χ1n) is 13.0. The number of ether oxygens (including phenoxy) is 2. The summed E-state index contributed by atoms with van der Waals surface area (Å²) in [4.78, 5) is 27.9. The van der Waals surface area contributed by atoms with Gasteiger partial charge < -0.3 is 24.0 Å². The van der Waals surface area contributed by atoms with Crippen molar-refractivity contribution in [3.8, 4) is 22.6 Å². The Labute approximate surface area is 209 Å². The molecule has 0 saturated carbocycles. The Morgan fingerprint density at radius 1 is 1.06 bits per heavy atom. The molecule has 1 aromatic heterocycles. The quantitative estimate of drug-likeness (QED) is 0.356. The van der Waals surface area contributed by atoms with E-state index in [9.17, 15) is 14.7 Å². The minimum atomic E-state index is -0.976. The molecule has 3 rings (SSSR count). The van der Waals surface area contributed by atoms with E-state index < -0.39 is 5.97 Å². The largest absolute Gasteiger partial charge is 0.478 e. The fourth-order valence-corrected chi connectivity index (χ4v) is 4.71. The number of carbonyl (C=O) groups is 2. The number of unbranched alkanes of at least 4 members (excludes halogenated alkanes) is 2. The molecular weight excluding hydrogens is 444 g/mol. The van der Waals surface area contributed by atoms with Gasteiger partial charge in [-0.3, -0.25) is 4.79 Å². The molecule has 0 bridgehead atoms. The molecule has 2 aromatic rings. The van der Waals surface area contributed by atoms with Gasteiger partial charge in [-0.15, -0.1) is 0 Å². The van der Waals surface area contributed by atoms with Crippen LogP contribution in [-0.4, -0.2) is 46.3 Å². The highest BCUT2D eigenvalue weighted by molar-refractivity contribution is 5.98. The number of aromatic carboxylic acids is 1. The first-order valence-corrected chi connectivity index (χ1v) is 13.0. The van der Waals surface area contributed by atoms with Gasteiger partial charge >= 0.3 is 5.97 Å². The van der Waals surface area contributed by atoms with E-state index in [1.165, 1.54) is 0 Å². The average molecular weight is 485 g/mol. The lowest BCUT2D eigenvalue weighted by Crippen LogP contribution is -2.35. The molecule has 1 N–H and O–H groups in total. The number of carboxylic acid groups (broad SMARTS) is 1. The number of aromatic nitrogens is 1. The van der Waals surface area contributed by atoms with Gasteiger partial charge in [0.15, 0.2) is 11.5 Å². The maximum Gasteiger partial charge on any atom is 0.338 e. The molecule has 1 aliphatic rings. The Bertz CT molecular complexity index is 1010. The summed E-state index contributed by atoms with van der Waals surface area (Å²) >= 11 is 0. The fraction of sp³-hybridized carbons (Fsp3) is 0.571. The number of amides is 1. The van der Waals surface area contributed by atoms with Crippen LogP contribution in [0.1, 0.15) is 82.3 Å². The molecular formula is C28H40N2O5. The molecule has 0 saturated heterocycles. The zero-order valence-electron chi connectivity index (χ0n) is 21.6. The van der Waals surface area contributed by atoms with E-state index in [2.05, 4.69) is 27.7 Å². The number of carbonyl (C=O) groups excluding carboxylic acids is 1. The van der Waals surface area contributed by atoms with Crippen LogP contribution in [-0.2, 0) is 17.8 Å². The molecule has 7 heteroatoms. The summed E-state index contributed by atoms with van der Waals surface area (Å²) in [5.74, 6) is 0.632. The minimum Gasteiger partial charge on any atom is -0.478 e. The smallest absolute Gasteiger partial charge is 0.338 e. The fourth-order valence-electron chi connectivity index (χ4n) is 4.71. The van der Waals surface area contributed by atoms with Gasteiger partial charge in [-0.25, -0.2) is 4.79 Å². The molecule has 0 fully saturated rings. The Balaban J connectivity index is 2.02. The Kier molecular flexibility index (Phi) is 9.64. The average Bonchev–Trinajstić information content (AvgIpc) is 3.43. The van der Waals surface area contributed by atoms with Crippen LogP contribution in [0.3, 0.4) is 0 Å². The summed E-state index contributed by atoms with van der Waals surface area (Å²) in [6.45, 7) is 10.3. The lowest BCUT2D eigenvalue weighted by molar-refractivity contribution is -0.132. The third kappa shape index (κ3) is 6.59. The zero-order chi connectivity index (χ0) is 25.4. The number of fused-ring (bicyclic) bond motifs is 1. The summed E-state index contributed by atoms with van der Waals surface area (Å²) in [6, 6.07) is 5.49. The number of nitrogens with zero attached hydrogens (tertiary/aromatic N) is 2. The first kappa shape index (κ1) is 26.6. The molecule has 0 spiro atoms. The van der Waals surface area contributed by atoms with Crippen LogP contribution in [0.2, 0.25) is 0 Å². The summed E-state index contributed by atoms with van der Waals surface area (Å²) in [5, 5.41) is 10.3. The molecule has 1 aromatic carbocycles. The Hall–Kier alpha value is -2.96. The van der Waals surface area contributed by atoms with Gasteiger partial charge in [0.25, 0.3) is 0 Å². The third-order valence-electron chi connectivity index (χ3n) is 6.63. The first-order chi connectivity index (χ1) is 16.9. The normalized spacial score (nSPS) is 13.1. The van der Waals surface area contributed by atoms with Crippen molar-refractivity contribution in [3.63, 3.8) is 0 Å². The number of hydrogen-bond acceptors (Lipinski definition) is 4. The van der Waals surface area contributed by atoms with E-state index in [1.54, 1.807) is 0 Å². The van der Waals surface area contributed by atoms with E-state index >= 15 is 0 Å². The van der Waals surface area contributed by atoms with Crippen LogP contribution in [0.15, 0.2) is 24.4 Å². The molecule has 192 valence electrons. The molecule has 7 nitrogen and oxygen atoms in total. The van der Waals surface area contributed by atoms with Gasteiger partial charge in [0.1, 0.15) is 6.54 Å². The van der Waals surface area contributed by atoms with Crippen LogP contribution in [0.5, 0.6) is 11.5 Å². The second kappa shape index (κ2) is 12.7. The van der Waals surface area contributed by atoms with Crippen molar-refractivity contribution in [2.45, 2.75) is 79.2 Å². The van der Waals surface area contributed by atoms with E-state index in [0.717, 1.165) is 57.2 Å². The monoisotopic (exact) mass is 484 g/mol. The van der Waals surface area contributed by atoms with Gasteiger partial charge in [0.05, 0.1) is 5.56 Å². The maximum atomic E-state index is 13.4. The van der Waals surface area contributed by atoms with Crippen molar-refractivity contribution >= 4 is 11.9 Å². The van der Waals surface area contributed by atoms with Gasteiger partial charge in [-0.05, 0) is 42.9 Å². The van der Waals surface area contributed by atoms with Crippen molar-refractivity contribution in [3.05, 3.63) is 35.7 Å². The van der Waals surface area contributed by atoms with Gasteiger partial charge in [-0.1, -0.05) is 59.4 Å². The van der Waals surface area contributed by atoms with Gasteiger partial charge in [0, 0.05) is 30.5 Å². The Morgan fingerprint density at radius 2 is 1.74 bits per heavy atom. The molecule has 0 aliphatic carbocycles. The number of hydrogen-bond donors (Lipinski definition) is 1. The number of benzene rings is 1. The molecule has 1 unspecified atom stereocenters. The summed E-state index contributed by atoms with van der Waals surface area (Å²) < 4.78 is 12.8. The minimum absolute atomic E-state index is 0.0421. The molecule has 2 heterocycles. The summed E-state index contributed by atoms with van der Waals surface area (Å²) in [6.07, 6.45) is 8.45. The third-order valence-corrected chi connectivity index (χ3v) is 6.63. The lowest BCUT2D eigenvalue weighted by Gasteiger charge is -2.23. The van der Waals surface area contributed by atoms with Crippen molar-refractivity contribution in [1.82, 2.24) is 9.47 Å². The lowest BCUT2D eigenvalue weighted by atomic mass is 9.95.